The van der Waals surface area contributed by atoms with Gasteiger partial charge >= 0.3 is 0 Å². The molecule has 0 bridgehead atoms. The van der Waals surface area contributed by atoms with Crippen molar-refractivity contribution in [2.24, 2.45) is 5.92 Å². The van der Waals surface area contributed by atoms with Crippen molar-refractivity contribution in [1.29, 1.82) is 0 Å². The SMILES string of the molecule is Cc1ccnc(N2CCCC(C(=O)Nc3ccccc3F)C2)n1. The Bertz CT molecular complexity index is 706. The number of nitrogens with one attached hydrogen (secondary N) is 1. The molecule has 1 atom stereocenters. The Kier molecular flexibility index (Phi) is 4.50. The first-order chi connectivity index (χ1) is 11.1. The molecular weight excluding hydrogens is 295 g/mol. The zero-order valence-corrected chi connectivity index (χ0v) is 13.0. The second-order valence-corrected chi connectivity index (χ2v) is 5.75. The number of benzene rings is 1. The maximum absolute atomic E-state index is 13.7. The Morgan fingerprint density at radius 2 is 2.17 bits per heavy atom. The van der Waals surface area contributed by atoms with E-state index in [1.54, 1.807) is 24.4 Å². The van der Waals surface area contributed by atoms with Crippen LogP contribution in [0.5, 0.6) is 0 Å². The number of halogens is 1. The fourth-order valence-electron chi connectivity index (χ4n) is 2.76. The second-order valence-electron chi connectivity index (χ2n) is 5.75. The molecule has 2 aromatic rings. The van der Waals surface area contributed by atoms with E-state index in [0.29, 0.717) is 12.5 Å². The average molecular weight is 314 g/mol. The molecule has 5 nitrogen and oxygen atoms in total. The molecule has 1 amide bonds. The Labute approximate surface area is 134 Å². The Balaban J connectivity index is 1.68. The summed E-state index contributed by atoms with van der Waals surface area (Å²) in [6.07, 6.45) is 3.38. The minimum Gasteiger partial charge on any atom is -0.340 e. The topological polar surface area (TPSA) is 58.1 Å². The third-order valence-corrected chi connectivity index (χ3v) is 3.99. The summed E-state index contributed by atoms with van der Waals surface area (Å²) in [7, 11) is 0. The number of anilines is 2. The summed E-state index contributed by atoms with van der Waals surface area (Å²) in [5.74, 6) is -0.135. The van der Waals surface area contributed by atoms with Crippen LogP contribution in [0, 0.1) is 18.7 Å². The number of nitrogens with zero attached hydrogens (tertiary/aromatic N) is 3. The smallest absolute Gasteiger partial charge is 0.229 e. The Hall–Kier alpha value is -2.50. The zero-order chi connectivity index (χ0) is 16.2. The largest absolute Gasteiger partial charge is 0.340 e. The predicted molar refractivity (Wildman–Crippen MR) is 86.7 cm³/mol. The number of para-hydroxylation sites is 1. The standard InChI is InChI=1S/C17H19FN4O/c1-12-8-9-19-17(20-12)22-10-4-5-13(11-22)16(23)21-15-7-3-2-6-14(15)18/h2-3,6-9,13H,4-5,10-11H2,1H3,(H,21,23). The van der Waals surface area contributed by atoms with Gasteiger partial charge in [-0.2, -0.15) is 0 Å². The van der Waals surface area contributed by atoms with Gasteiger partial charge in [-0.15, -0.1) is 0 Å². The van der Waals surface area contributed by atoms with Gasteiger partial charge in [-0.3, -0.25) is 4.79 Å². The number of carbonyl (C=O) groups is 1. The molecule has 0 radical (unpaired) electrons. The van der Waals surface area contributed by atoms with Crippen LogP contribution in [0.2, 0.25) is 0 Å². The van der Waals surface area contributed by atoms with Gasteiger partial charge in [0.2, 0.25) is 11.9 Å². The summed E-state index contributed by atoms with van der Waals surface area (Å²) in [4.78, 5) is 23.1. The number of aryl methyl sites for hydroxylation is 1. The molecule has 0 aliphatic carbocycles. The first-order valence-electron chi connectivity index (χ1n) is 7.73. The van der Waals surface area contributed by atoms with Crippen molar-refractivity contribution < 1.29 is 9.18 Å². The highest BCUT2D eigenvalue weighted by Crippen LogP contribution is 2.22. The van der Waals surface area contributed by atoms with E-state index in [-0.39, 0.29) is 17.5 Å². The van der Waals surface area contributed by atoms with Crippen molar-refractivity contribution in [3.05, 3.63) is 48.0 Å². The van der Waals surface area contributed by atoms with Gasteiger partial charge in [-0.1, -0.05) is 12.1 Å². The molecule has 1 saturated heterocycles. The molecule has 1 fully saturated rings. The molecule has 23 heavy (non-hydrogen) atoms. The van der Waals surface area contributed by atoms with Gasteiger partial charge < -0.3 is 10.2 Å². The van der Waals surface area contributed by atoms with Gasteiger partial charge in [0, 0.05) is 25.0 Å². The van der Waals surface area contributed by atoms with Crippen molar-refractivity contribution in [2.75, 3.05) is 23.3 Å². The second kappa shape index (κ2) is 6.73. The van der Waals surface area contributed by atoms with Crippen LogP contribution < -0.4 is 10.2 Å². The molecular formula is C17H19FN4O. The zero-order valence-electron chi connectivity index (χ0n) is 13.0. The Morgan fingerprint density at radius 1 is 1.35 bits per heavy atom. The molecule has 2 heterocycles. The van der Waals surface area contributed by atoms with Crippen LogP contribution in [0.3, 0.4) is 0 Å². The summed E-state index contributed by atoms with van der Waals surface area (Å²) < 4.78 is 13.7. The van der Waals surface area contributed by atoms with Crippen LogP contribution >= 0.6 is 0 Å². The predicted octanol–water partition coefficient (Wildman–Crippen LogP) is 2.78. The molecule has 1 unspecified atom stereocenters. The van der Waals surface area contributed by atoms with E-state index >= 15 is 0 Å². The number of hydrogen-bond acceptors (Lipinski definition) is 4. The Morgan fingerprint density at radius 3 is 2.96 bits per heavy atom. The fraction of sp³-hybridized carbons (Fsp3) is 0.353. The molecule has 120 valence electrons. The number of amides is 1. The lowest BCUT2D eigenvalue weighted by Gasteiger charge is -2.32. The molecule has 1 N–H and O–H groups in total. The van der Waals surface area contributed by atoms with E-state index < -0.39 is 5.82 Å². The quantitative estimate of drug-likeness (QED) is 0.946. The summed E-state index contributed by atoms with van der Waals surface area (Å²) in [5.41, 5.74) is 1.12. The highest BCUT2D eigenvalue weighted by atomic mass is 19.1. The van der Waals surface area contributed by atoms with E-state index in [4.69, 9.17) is 0 Å². The van der Waals surface area contributed by atoms with Crippen LogP contribution in [0.15, 0.2) is 36.5 Å². The number of rotatable bonds is 3. The summed E-state index contributed by atoms with van der Waals surface area (Å²) in [5, 5.41) is 2.68. The number of carbonyl (C=O) groups excluding carboxylic acids is 1. The molecule has 0 spiro atoms. The summed E-state index contributed by atoms with van der Waals surface area (Å²) >= 11 is 0. The van der Waals surface area contributed by atoms with Crippen LogP contribution in [0.1, 0.15) is 18.5 Å². The van der Waals surface area contributed by atoms with Crippen molar-refractivity contribution in [1.82, 2.24) is 9.97 Å². The average Bonchev–Trinajstić information content (AvgIpc) is 2.57. The lowest BCUT2D eigenvalue weighted by atomic mass is 9.97. The van der Waals surface area contributed by atoms with E-state index in [9.17, 15) is 9.18 Å². The minimum absolute atomic E-state index is 0.160. The first-order valence-corrected chi connectivity index (χ1v) is 7.73. The van der Waals surface area contributed by atoms with Gasteiger partial charge in [-0.05, 0) is 38.0 Å². The minimum atomic E-state index is -0.421. The summed E-state index contributed by atoms with van der Waals surface area (Å²) in [6, 6.07) is 8.05. The molecule has 0 saturated carbocycles. The third kappa shape index (κ3) is 3.64. The van der Waals surface area contributed by atoms with Crippen molar-refractivity contribution in [2.45, 2.75) is 19.8 Å². The van der Waals surface area contributed by atoms with Crippen molar-refractivity contribution in [3.63, 3.8) is 0 Å². The van der Waals surface area contributed by atoms with E-state index in [2.05, 4.69) is 15.3 Å². The maximum atomic E-state index is 13.7. The van der Waals surface area contributed by atoms with Gasteiger partial charge in [0.15, 0.2) is 0 Å². The third-order valence-electron chi connectivity index (χ3n) is 3.99. The monoisotopic (exact) mass is 314 g/mol. The van der Waals surface area contributed by atoms with E-state index in [1.165, 1.54) is 6.07 Å². The van der Waals surface area contributed by atoms with Crippen molar-refractivity contribution >= 4 is 17.5 Å². The molecule has 1 aliphatic heterocycles. The molecule has 1 aliphatic rings. The normalized spacial score (nSPS) is 17.8. The van der Waals surface area contributed by atoms with Crippen LogP contribution in [0.25, 0.3) is 0 Å². The van der Waals surface area contributed by atoms with Gasteiger partial charge in [0.25, 0.3) is 0 Å². The maximum Gasteiger partial charge on any atom is 0.229 e. The van der Waals surface area contributed by atoms with Crippen LogP contribution in [0.4, 0.5) is 16.0 Å². The summed E-state index contributed by atoms with van der Waals surface area (Å²) in [6.45, 7) is 3.29. The van der Waals surface area contributed by atoms with Gasteiger partial charge in [-0.25, -0.2) is 14.4 Å². The molecule has 6 heteroatoms. The van der Waals surface area contributed by atoms with Gasteiger partial charge in [0.1, 0.15) is 5.82 Å². The number of aromatic nitrogens is 2. The highest BCUT2D eigenvalue weighted by molar-refractivity contribution is 5.93. The van der Waals surface area contributed by atoms with E-state index in [1.807, 2.05) is 17.9 Å². The lowest BCUT2D eigenvalue weighted by molar-refractivity contribution is -0.120. The highest BCUT2D eigenvalue weighted by Gasteiger charge is 2.27. The van der Waals surface area contributed by atoms with Crippen LogP contribution in [-0.2, 0) is 4.79 Å². The van der Waals surface area contributed by atoms with Crippen LogP contribution in [-0.4, -0.2) is 29.0 Å². The number of hydrogen-bond donors (Lipinski definition) is 1. The number of piperidine rings is 1. The molecule has 3 rings (SSSR count). The van der Waals surface area contributed by atoms with E-state index in [0.717, 1.165) is 25.1 Å². The fourth-order valence-corrected chi connectivity index (χ4v) is 2.76. The van der Waals surface area contributed by atoms with Gasteiger partial charge in [0.05, 0.1) is 11.6 Å². The lowest BCUT2D eigenvalue weighted by Crippen LogP contribution is -2.41. The first kappa shape index (κ1) is 15.4. The molecule has 1 aromatic carbocycles. The molecule has 1 aromatic heterocycles. The van der Waals surface area contributed by atoms with Crippen molar-refractivity contribution in [3.8, 4) is 0 Å².